The normalized spacial score (nSPS) is 13.9. The van der Waals surface area contributed by atoms with Gasteiger partial charge in [-0.25, -0.2) is 0 Å². The maximum absolute atomic E-state index is 13.1. The molecule has 0 aliphatic heterocycles. The van der Waals surface area contributed by atoms with Gasteiger partial charge in [-0.2, -0.15) is 0 Å². The molecule has 0 atom stereocenters. The molecule has 2 N–H and O–H groups in total. The third kappa shape index (κ3) is 9.35. The summed E-state index contributed by atoms with van der Waals surface area (Å²) in [5.41, 5.74) is 15.4. The van der Waals surface area contributed by atoms with Crippen molar-refractivity contribution in [2.75, 3.05) is 0 Å². The smallest absolute Gasteiger partial charge is 0.122 e. The van der Waals surface area contributed by atoms with E-state index in [2.05, 4.69) is 253 Å². The van der Waals surface area contributed by atoms with Crippen LogP contribution >= 0.6 is 0 Å². The van der Waals surface area contributed by atoms with Crippen LogP contribution in [0, 0.1) is 0 Å². The first-order chi connectivity index (χ1) is 38.9. The van der Waals surface area contributed by atoms with E-state index < -0.39 is 0 Å². The van der Waals surface area contributed by atoms with Crippen LogP contribution in [0.25, 0.3) is 64.6 Å². The summed E-state index contributed by atoms with van der Waals surface area (Å²) in [7, 11) is 0. The number of nitrogens with zero attached hydrogens (tertiary/aromatic N) is 2. The number of benzene rings is 12. The first kappa shape index (κ1) is 53.0. The van der Waals surface area contributed by atoms with Gasteiger partial charge in [0, 0.05) is 48.9 Å². The Balaban J connectivity index is 1.06. The molecule has 4 heteroatoms. The first-order valence-corrected chi connectivity index (χ1v) is 29.4. The van der Waals surface area contributed by atoms with Gasteiger partial charge in [0.15, 0.2) is 0 Å². The molecule has 4 nitrogen and oxygen atoms in total. The number of hydrogen-bond donors (Lipinski definition) is 2. The number of hydrogen-bond acceptors (Lipinski definition) is 4. The second-order valence-corrected chi connectivity index (χ2v) is 27.8. The first-order valence-electron chi connectivity index (χ1n) is 29.4. The third-order valence-electron chi connectivity index (χ3n) is 17.9. The average molecular weight is 1070 g/mol. The minimum Gasteiger partial charge on any atom is -0.507 e. The molecule has 13 rings (SSSR count). The molecule has 0 unspecified atom stereocenters. The van der Waals surface area contributed by atoms with Crippen LogP contribution in [0.4, 0.5) is 11.4 Å². The van der Waals surface area contributed by atoms with E-state index in [0.29, 0.717) is 37.2 Å². The molecule has 0 aromatic heterocycles. The minimum atomic E-state index is -0.224. The molecule has 0 fully saturated rings. The van der Waals surface area contributed by atoms with Gasteiger partial charge in [-0.3, -0.25) is 9.98 Å². The van der Waals surface area contributed by atoms with Gasteiger partial charge < -0.3 is 10.2 Å². The van der Waals surface area contributed by atoms with Crippen LogP contribution < -0.4 is 0 Å². The van der Waals surface area contributed by atoms with E-state index in [4.69, 9.17) is 9.98 Å². The van der Waals surface area contributed by atoms with Crippen molar-refractivity contribution in [1.29, 1.82) is 0 Å². The molecule has 0 amide bonds. The number of phenolic OH excluding ortho intramolecular Hbond substituents is 2. The van der Waals surface area contributed by atoms with E-state index in [1.807, 2.05) is 0 Å². The highest BCUT2D eigenvalue weighted by atomic mass is 16.3. The monoisotopic (exact) mass is 1070 g/mol. The van der Waals surface area contributed by atoms with Gasteiger partial charge in [0.2, 0.25) is 0 Å². The van der Waals surface area contributed by atoms with Crippen LogP contribution in [-0.2, 0) is 47.3 Å². The molecule has 0 saturated carbocycles. The van der Waals surface area contributed by atoms with Gasteiger partial charge in [-0.05, 0) is 166 Å². The molecule has 12 aromatic carbocycles. The summed E-state index contributed by atoms with van der Waals surface area (Å²) in [6.07, 6.45) is 6.03. The molecule has 0 radical (unpaired) electrons. The van der Waals surface area contributed by atoms with Gasteiger partial charge in [-0.1, -0.05) is 229 Å². The summed E-state index contributed by atoms with van der Waals surface area (Å²) in [6, 6.07) is 57.9. The van der Waals surface area contributed by atoms with Crippen molar-refractivity contribution in [1.82, 2.24) is 0 Å². The number of fused-ring (bicyclic) bond motifs is 8. The molecule has 0 spiro atoms. The molecule has 8 bridgehead atoms. The Hall–Kier alpha value is -8.34. The summed E-state index contributed by atoms with van der Waals surface area (Å²) in [4.78, 5) is 11.0. The molecular formula is C78H74N2O2. The van der Waals surface area contributed by atoms with E-state index in [1.165, 1.54) is 65.0 Å². The van der Waals surface area contributed by atoms with E-state index in [-0.39, 0.29) is 21.7 Å². The van der Waals surface area contributed by atoms with Gasteiger partial charge in [0.1, 0.15) is 11.5 Å². The maximum Gasteiger partial charge on any atom is 0.122 e. The minimum absolute atomic E-state index is 0.212. The lowest BCUT2D eigenvalue weighted by Gasteiger charge is -2.27. The lowest BCUT2D eigenvalue weighted by Crippen LogP contribution is -2.17. The Morgan fingerprint density at radius 3 is 0.829 bits per heavy atom. The van der Waals surface area contributed by atoms with Gasteiger partial charge >= 0.3 is 0 Å². The molecule has 82 heavy (non-hydrogen) atoms. The second kappa shape index (κ2) is 19.1. The Morgan fingerprint density at radius 1 is 0.305 bits per heavy atom. The summed E-state index contributed by atoms with van der Waals surface area (Å²) in [6.45, 7) is 27.3. The van der Waals surface area contributed by atoms with Crippen molar-refractivity contribution >= 4 is 88.4 Å². The molecule has 408 valence electrons. The van der Waals surface area contributed by atoms with Gasteiger partial charge in [-0.15, -0.1) is 0 Å². The van der Waals surface area contributed by atoms with Gasteiger partial charge in [0.05, 0.1) is 11.4 Å². The van der Waals surface area contributed by atoms with Crippen molar-refractivity contribution < 1.29 is 10.2 Å². The molecule has 12 aromatic rings. The van der Waals surface area contributed by atoms with Crippen molar-refractivity contribution in [3.8, 4) is 11.5 Å². The van der Waals surface area contributed by atoms with E-state index >= 15 is 0 Å². The summed E-state index contributed by atoms with van der Waals surface area (Å²) >= 11 is 0. The zero-order valence-electron chi connectivity index (χ0n) is 49.8. The second-order valence-electron chi connectivity index (χ2n) is 27.8. The van der Waals surface area contributed by atoms with E-state index in [0.717, 1.165) is 88.9 Å². The summed E-state index contributed by atoms with van der Waals surface area (Å²) in [5.74, 6) is 0.625. The van der Waals surface area contributed by atoms with Crippen LogP contribution in [0.1, 0.15) is 161 Å². The predicted molar refractivity (Wildman–Crippen MR) is 350 cm³/mol. The van der Waals surface area contributed by atoms with Crippen LogP contribution in [0.15, 0.2) is 168 Å². The van der Waals surface area contributed by atoms with Crippen molar-refractivity contribution in [2.45, 2.75) is 130 Å². The highest BCUT2D eigenvalue weighted by molar-refractivity contribution is 6.26. The quantitative estimate of drug-likeness (QED) is 0.136. The lowest BCUT2D eigenvalue weighted by molar-refractivity contribution is 0.461. The molecule has 1 aliphatic rings. The zero-order chi connectivity index (χ0) is 57.4. The van der Waals surface area contributed by atoms with Crippen LogP contribution in [0.2, 0.25) is 0 Å². The maximum atomic E-state index is 13.1. The van der Waals surface area contributed by atoms with Crippen molar-refractivity contribution in [3.63, 3.8) is 0 Å². The fourth-order valence-electron chi connectivity index (χ4n) is 13.0. The van der Waals surface area contributed by atoms with Gasteiger partial charge in [0.25, 0.3) is 0 Å². The highest BCUT2D eigenvalue weighted by Crippen LogP contribution is 2.44. The van der Waals surface area contributed by atoms with Crippen LogP contribution in [-0.4, -0.2) is 22.6 Å². The van der Waals surface area contributed by atoms with Crippen LogP contribution in [0.5, 0.6) is 11.5 Å². The van der Waals surface area contributed by atoms with E-state index in [1.54, 1.807) is 0 Å². The van der Waals surface area contributed by atoms with Crippen molar-refractivity contribution in [3.05, 3.63) is 236 Å². The fraction of sp³-hybridized carbons (Fsp3) is 0.256. The molecule has 0 saturated heterocycles. The fourth-order valence-corrected chi connectivity index (χ4v) is 13.0. The SMILES string of the molecule is CC(C)(C)c1cc2c(O)c(c1)Cc1cc(C(C)(C)C)cc(c1C=Nc1ccc3ccc4cccc5ccc1c3c45)Cc1cc(C(C)(C)C)cc(c1O)Cc1cc(C(C)(C)C)cc(c1C=Nc1ccc3ccc4cccc5ccc1c3c45)C2. The topological polar surface area (TPSA) is 65.2 Å². The largest absolute Gasteiger partial charge is 0.507 e. The molecule has 1 aliphatic carbocycles. The lowest BCUT2D eigenvalue weighted by atomic mass is 9.78. The number of rotatable bonds is 4. The molecular weight excluding hydrogens is 997 g/mol. The standard InChI is InChI=1S/C78H74N2O2/c1-75(2,3)59-35-51-31-55-39-61(77(7,8)9)41-57(73(55)81)33-53-37-60(76(4,5)6)38-54(66(53)44-80-68-30-26-50-22-20-46-16-14-18-48-24-28-64(68)72(50)70(46)48)34-58-42-62(78(10,11)12)40-56(74(58)82)32-52(36-59)65(51)43-79-67-29-25-49-21-19-45-15-13-17-47-23-27-63(67)71(49)69(45)47/h13-30,35-44,81-82H,31-34H2,1-12H3. The number of phenols is 2. The third-order valence-corrected chi connectivity index (χ3v) is 17.9. The van der Waals surface area contributed by atoms with E-state index in [9.17, 15) is 10.2 Å². The Morgan fingerprint density at radius 2 is 0.549 bits per heavy atom. The summed E-state index contributed by atoms with van der Waals surface area (Å²) in [5, 5.41) is 40.7. The Kier molecular flexibility index (Phi) is 12.4. The number of aliphatic imine (C=N–C) groups is 2. The number of aromatic hydroxyl groups is 2. The average Bonchev–Trinajstić information content (AvgIpc) is 2.26. The Labute approximate surface area is 483 Å². The molecule has 0 heterocycles. The van der Waals surface area contributed by atoms with Crippen molar-refractivity contribution in [2.24, 2.45) is 9.98 Å². The predicted octanol–water partition coefficient (Wildman–Crippen LogP) is 20.3. The Bertz CT molecular complexity index is 4190. The zero-order valence-corrected chi connectivity index (χ0v) is 49.8. The summed E-state index contributed by atoms with van der Waals surface area (Å²) < 4.78 is 0. The highest BCUT2D eigenvalue weighted by Gasteiger charge is 2.28. The van der Waals surface area contributed by atoms with Crippen LogP contribution in [0.3, 0.4) is 0 Å².